The largest absolute Gasteiger partial charge is 0.429 e. The first-order chi connectivity index (χ1) is 18.7. The molecular weight excluding hydrogens is 525 g/mol. The number of benzene rings is 1. The summed E-state index contributed by atoms with van der Waals surface area (Å²) < 4.78 is 72.1. The van der Waals surface area contributed by atoms with Gasteiger partial charge in [-0.2, -0.15) is 13.2 Å². The van der Waals surface area contributed by atoms with E-state index in [4.69, 9.17) is 4.42 Å². The van der Waals surface area contributed by atoms with Crippen molar-refractivity contribution in [2.24, 2.45) is 0 Å². The standard InChI is InChI=1S/C25H16F5N7O2/c26-21(27)18-20(39-23(36-18)16-6-5-13(10-31-16)25(28,29)30)24(38)37-8-7-15-17(34-11-33-15)19(37)22-32-9-12-3-1-2-4-14(12)35-22/h1-6,9-11,19,21H,7-8H2,(H,33,34)/t19-/m1/s1. The maximum absolute atomic E-state index is 14.0. The zero-order chi connectivity index (χ0) is 27.3. The minimum atomic E-state index is -4.64. The highest BCUT2D eigenvalue weighted by Crippen LogP contribution is 2.36. The number of para-hydroxylation sites is 1. The number of alkyl halides is 5. The maximum Gasteiger partial charge on any atom is 0.417 e. The number of rotatable bonds is 4. The minimum absolute atomic E-state index is 0.0894. The van der Waals surface area contributed by atoms with Gasteiger partial charge in [0.05, 0.1) is 23.1 Å². The molecule has 1 N–H and O–H groups in total. The monoisotopic (exact) mass is 541 g/mol. The molecule has 0 fully saturated rings. The van der Waals surface area contributed by atoms with Crippen LogP contribution < -0.4 is 0 Å². The number of amides is 1. The molecule has 0 bridgehead atoms. The molecule has 1 atom stereocenters. The van der Waals surface area contributed by atoms with E-state index in [-0.39, 0.29) is 18.1 Å². The summed E-state index contributed by atoms with van der Waals surface area (Å²) >= 11 is 0. The Hall–Kier alpha value is -4.75. The van der Waals surface area contributed by atoms with E-state index in [2.05, 4.69) is 29.9 Å². The number of imidazole rings is 1. The van der Waals surface area contributed by atoms with Crippen LogP contribution >= 0.6 is 0 Å². The molecular formula is C25H16F5N7O2. The number of carbonyl (C=O) groups is 1. The van der Waals surface area contributed by atoms with Crippen LogP contribution in [0.2, 0.25) is 0 Å². The van der Waals surface area contributed by atoms with E-state index in [1.54, 1.807) is 18.3 Å². The lowest BCUT2D eigenvalue weighted by atomic mass is 10.0. The van der Waals surface area contributed by atoms with E-state index in [0.717, 1.165) is 17.1 Å². The van der Waals surface area contributed by atoms with Crippen molar-refractivity contribution in [2.45, 2.75) is 25.1 Å². The number of nitrogens with one attached hydrogen (secondary N) is 1. The Morgan fingerprint density at radius 2 is 1.87 bits per heavy atom. The summed E-state index contributed by atoms with van der Waals surface area (Å²) in [5, 5.41) is 0.765. The minimum Gasteiger partial charge on any atom is -0.429 e. The Labute approximate surface area is 215 Å². The second-order valence-corrected chi connectivity index (χ2v) is 8.67. The lowest BCUT2D eigenvalue weighted by Gasteiger charge is -2.33. The van der Waals surface area contributed by atoms with Crippen LogP contribution in [-0.2, 0) is 12.6 Å². The van der Waals surface area contributed by atoms with Gasteiger partial charge in [-0.1, -0.05) is 18.2 Å². The van der Waals surface area contributed by atoms with Crippen molar-refractivity contribution in [3.8, 4) is 11.6 Å². The molecule has 5 aromatic rings. The number of aromatic nitrogens is 6. The van der Waals surface area contributed by atoms with Crippen LogP contribution in [0.1, 0.15) is 51.5 Å². The van der Waals surface area contributed by atoms with E-state index >= 15 is 0 Å². The van der Waals surface area contributed by atoms with E-state index in [1.165, 1.54) is 11.2 Å². The van der Waals surface area contributed by atoms with Crippen molar-refractivity contribution in [1.82, 2.24) is 34.8 Å². The van der Waals surface area contributed by atoms with Crippen LogP contribution in [0.3, 0.4) is 0 Å². The summed E-state index contributed by atoms with van der Waals surface area (Å²) in [7, 11) is 0. The van der Waals surface area contributed by atoms with Gasteiger partial charge >= 0.3 is 6.18 Å². The van der Waals surface area contributed by atoms with Crippen molar-refractivity contribution in [2.75, 3.05) is 6.54 Å². The van der Waals surface area contributed by atoms with E-state index in [9.17, 15) is 26.7 Å². The lowest BCUT2D eigenvalue weighted by Crippen LogP contribution is -2.41. The highest BCUT2D eigenvalue weighted by molar-refractivity contribution is 5.93. The zero-order valence-electron chi connectivity index (χ0n) is 19.7. The first-order valence-corrected chi connectivity index (χ1v) is 11.6. The number of nitrogens with zero attached hydrogens (tertiary/aromatic N) is 6. The molecule has 0 aliphatic carbocycles. The van der Waals surface area contributed by atoms with Crippen molar-refractivity contribution in [3.05, 3.63) is 89.3 Å². The lowest BCUT2D eigenvalue weighted by molar-refractivity contribution is -0.137. The molecule has 4 aromatic heterocycles. The van der Waals surface area contributed by atoms with Crippen LogP contribution in [0.25, 0.3) is 22.5 Å². The molecule has 5 heterocycles. The maximum atomic E-state index is 14.0. The number of halogens is 5. The topological polar surface area (TPSA) is 114 Å². The Morgan fingerprint density at radius 3 is 2.62 bits per heavy atom. The van der Waals surface area contributed by atoms with Crippen LogP contribution in [0.4, 0.5) is 22.0 Å². The Bertz CT molecular complexity index is 1680. The molecule has 1 aromatic carbocycles. The SMILES string of the molecule is O=C(c1oc(-c2ccc(C(F)(F)F)cn2)nc1C(F)F)N1CCc2[nH]cnc2[C@@H]1c1ncc2ccccc2n1. The predicted octanol–water partition coefficient (Wildman–Crippen LogP) is 5.15. The third-order valence-corrected chi connectivity index (χ3v) is 6.30. The number of pyridine rings is 1. The van der Waals surface area contributed by atoms with Gasteiger partial charge in [0.15, 0.2) is 11.5 Å². The molecule has 0 spiro atoms. The van der Waals surface area contributed by atoms with E-state index in [1.807, 2.05) is 12.1 Å². The van der Waals surface area contributed by atoms with Crippen molar-refractivity contribution in [3.63, 3.8) is 0 Å². The summed E-state index contributed by atoms with van der Waals surface area (Å²) in [5.41, 5.74) is -0.435. The molecule has 0 unspecified atom stereocenters. The Kier molecular flexibility index (Phi) is 5.81. The summed E-state index contributed by atoms with van der Waals surface area (Å²) in [6, 6.07) is 7.93. The van der Waals surface area contributed by atoms with Gasteiger partial charge in [-0.25, -0.2) is 28.7 Å². The molecule has 0 radical (unpaired) electrons. The molecule has 14 heteroatoms. The van der Waals surface area contributed by atoms with Gasteiger partial charge in [0.25, 0.3) is 12.3 Å². The number of hydrogen-bond acceptors (Lipinski definition) is 7. The van der Waals surface area contributed by atoms with Crippen molar-refractivity contribution < 1.29 is 31.2 Å². The second-order valence-electron chi connectivity index (χ2n) is 8.67. The fraction of sp³-hybridized carbons (Fsp3) is 0.200. The van der Waals surface area contributed by atoms with Crippen LogP contribution in [-0.4, -0.2) is 47.3 Å². The molecule has 0 saturated heterocycles. The van der Waals surface area contributed by atoms with Crippen LogP contribution in [0.5, 0.6) is 0 Å². The van der Waals surface area contributed by atoms with E-state index in [0.29, 0.717) is 29.9 Å². The molecule has 6 rings (SSSR count). The van der Waals surface area contributed by atoms with Gasteiger partial charge in [0.2, 0.25) is 11.7 Å². The molecule has 1 aliphatic heterocycles. The highest BCUT2D eigenvalue weighted by Gasteiger charge is 2.40. The summed E-state index contributed by atoms with van der Waals surface area (Å²) in [6.07, 6.45) is -3.93. The predicted molar refractivity (Wildman–Crippen MR) is 124 cm³/mol. The molecule has 39 heavy (non-hydrogen) atoms. The third-order valence-electron chi connectivity index (χ3n) is 6.30. The van der Waals surface area contributed by atoms with Gasteiger partial charge in [-0.3, -0.25) is 9.78 Å². The van der Waals surface area contributed by atoms with Crippen LogP contribution in [0, 0.1) is 0 Å². The number of carbonyl (C=O) groups excluding carboxylic acids is 1. The second kappa shape index (κ2) is 9.22. The first-order valence-electron chi connectivity index (χ1n) is 11.6. The number of hydrogen-bond donors (Lipinski definition) is 1. The van der Waals surface area contributed by atoms with Gasteiger partial charge in [0, 0.05) is 36.4 Å². The fourth-order valence-corrected chi connectivity index (χ4v) is 4.44. The summed E-state index contributed by atoms with van der Waals surface area (Å²) in [6.45, 7) is 0.0894. The zero-order valence-corrected chi connectivity index (χ0v) is 19.7. The average Bonchev–Trinajstić information content (AvgIpc) is 3.59. The van der Waals surface area contributed by atoms with Gasteiger partial charge in [-0.05, 0) is 18.2 Å². The Morgan fingerprint density at radius 1 is 1.05 bits per heavy atom. The highest BCUT2D eigenvalue weighted by atomic mass is 19.4. The molecule has 0 saturated carbocycles. The molecule has 1 amide bonds. The average molecular weight is 541 g/mol. The summed E-state index contributed by atoms with van der Waals surface area (Å²) in [5.74, 6) is -1.98. The molecule has 198 valence electrons. The fourth-order valence-electron chi connectivity index (χ4n) is 4.44. The number of aromatic amines is 1. The van der Waals surface area contributed by atoms with Crippen LogP contribution in [0.15, 0.2) is 59.5 Å². The van der Waals surface area contributed by atoms with E-state index < -0.39 is 47.5 Å². The third kappa shape index (κ3) is 4.36. The number of fused-ring (bicyclic) bond motifs is 2. The summed E-state index contributed by atoms with van der Waals surface area (Å²) in [4.78, 5) is 38.7. The molecule has 1 aliphatic rings. The van der Waals surface area contributed by atoms with Gasteiger partial charge < -0.3 is 14.3 Å². The normalized spacial score (nSPS) is 15.6. The number of H-pyrrole nitrogens is 1. The number of oxazole rings is 1. The van der Waals surface area contributed by atoms with Gasteiger partial charge in [-0.15, -0.1) is 0 Å². The van der Waals surface area contributed by atoms with Crippen molar-refractivity contribution in [1.29, 1.82) is 0 Å². The quantitative estimate of drug-likeness (QED) is 0.313. The van der Waals surface area contributed by atoms with Gasteiger partial charge in [0.1, 0.15) is 11.7 Å². The first kappa shape index (κ1) is 24.6. The Balaban J connectivity index is 1.41. The van der Waals surface area contributed by atoms with Crippen molar-refractivity contribution >= 4 is 16.8 Å². The molecule has 9 nitrogen and oxygen atoms in total. The smallest absolute Gasteiger partial charge is 0.417 e.